The maximum Gasteiger partial charge on any atom is 0.408 e. The van der Waals surface area contributed by atoms with E-state index < -0.39 is 84.1 Å². The number of alkyl halides is 1. The van der Waals surface area contributed by atoms with E-state index in [2.05, 4.69) is 87.3 Å². The summed E-state index contributed by atoms with van der Waals surface area (Å²) >= 11 is 13.7. The fraction of sp³-hybridized carbons (Fsp3) is 0.522. The van der Waals surface area contributed by atoms with Gasteiger partial charge in [-0.1, -0.05) is 170 Å². The number of hydrogen-bond acceptors (Lipinski definition) is 35. The molecule has 7 aromatic heterocycles. The normalized spacial score (nSPS) is 16.3. The predicted molar refractivity (Wildman–Crippen MR) is 489 cm³/mol. The molecule has 41 nitrogen and oxygen atoms in total. The van der Waals surface area contributed by atoms with Gasteiger partial charge in [0.1, 0.15) is 76.3 Å². The number of aromatic nitrogens is 7. The molecule has 10 atom stereocenters. The lowest BCUT2D eigenvalue weighted by atomic mass is 9.91. The lowest BCUT2D eigenvalue weighted by Crippen LogP contribution is -2.48. The first-order valence-corrected chi connectivity index (χ1v) is 44.2. The van der Waals surface area contributed by atoms with Gasteiger partial charge in [0, 0.05) is 119 Å². The van der Waals surface area contributed by atoms with Crippen molar-refractivity contribution in [1.29, 1.82) is 0 Å². The minimum Gasteiger partial charge on any atom is -0.508 e. The molecule has 10 N–H and O–H groups in total. The Morgan fingerprint density at radius 2 is 0.836 bits per heavy atom. The van der Waals surface area contributed by atoms with Crippen molar-refractivity contribution in [2.45, 2.75) is 241 Å². The molecule has 0 bridgehead atoms. The highest BCUT2D eigenvalue weighted by Crippen LogP contribution is 2.35. The number of nitrogens with zero attached hydrogens (tertiary/aromatic N) is 10. The van der Waals surface area contributed by atoms with Crippen LogP contribution in [0.1, 0.15) is 210 Å². The maximum atomic E-state index is 13.3. The molecule has 0 radical (unpaired) electrons. The molecule has 0 aliphatic carbocycles. The van der Waals surface area contributed by atoms with Crippen LogP contribution in [-0.2, 0) is 93.0 Å². The zero-order valence-corrected chi connectivity index (χ0v) is 82.8. The molecule has 2 aromatic carbocycles. The third-order valence-electron chi connectivity index (χ3n) is 19.1. The number of β-amino-alcohol motifs (C(OH)–C–C–N with tert-alkyl or cyclic N) is 3. The van der Waals surface area contributed by atoms with E-state index in [-0.39, 0.29) is 117 Å². The average molecular weight is 2040 g/mol. The summed E-state index contributed by atoms with van der Waals surface area (Å²) in [5, 5.41) is 95.5. The molecule has 0 spiro atoms. The first-order chi connectivity index (χ1) is 63.0. The monoisotopic (exact) mass is 2030 g/mol. The van der Waals surface area contributed by atoms with Crippen molar-refractivity contribution < 1.29 is 139 Å². The average Bonchev–Trinajstić information content (AvgIpc) is 1.64. The number of carboxylic acid groups (broad SMARTS) is 2. The number of hydrogen-bond donors (Lipinski definition) is 9. The second kappa shape index (κ2) is 60.3. The highest BCUT2D eigenvalue weighted by molar-refractivity contribution is 14.1. The van der Waals surface area contributed by atoms with Crippen LogP contribution in [0.4, 0.5) is 4.79 Å². The molecular formula is C90H125Cl2IN12O29. The summed E-state index contributed by atoms with van der Waals surface area (Å²) in [7, 11) is 3.84. The number of halogens is 3. The number of carbonyl (C=O) groups excluding carboxylic acids is 9. The molecule has 3 saturated heterocycles. The topological polar surface area (TPSA) is 596 Å². The van der Waals surface area contributed by atoms with Gasteiger partial charge in [-0.25, -0.2) is 14.4 Å². The van der Waals surface area contributed by atoms with Crippen molar-refractivity contribution in [3.8, 4) is 11.5 Å². The van der Waals surface area contributed by atoms with Gasteiger partial charge in [-0.3, -0.25) is 33.7 Å². The van der Waals surface area contributed by atoms with Crippen molar-refractivity contribution in [3.63, 3.8) is 0 Å². The summed E-state index contributed by atoms with van der Waals surface area (Å²) in [6, 6.07) is 19.5. The molecule has 12 rings (SSSR count). The standard InChI is InChI=1S/C21H26ClN3O5.C15H22N2O5.C10H15NO3.C9H13NO3.C7H8ClNO.C7H11NO5.C6H7NO3.C6H9NO.C5H7NO.C3H7I.CO2/c1-11(2)19(18-6-12(3)24-30-18)21(29)25-10-15(26)8-16(25)20(28)23-9-13-4-5-14(22)7-17(13)27;1-8(2)13(12-5-9(3)16-22-12)14(19)17-7-10(18)6-11(17)15(20)21-4;1-6(2)9(10(12)13-4)8-5-7(3)11-14-8;1-5(2)8(9(11)12)7-4-6(3)10-13-7;8-6-2-1-5(4-9)7(10)3-6;1-13-6(10)5-2-4(9)3-8(5)7(11)12;1-5-2-6(10-7-5)3-9-4-8;1-3-6-4-5(2)7-8-6;1-4-3-5(2)7-6-4;1-3(2)4;2-1-3/h4-7,11,15-16,19,26-27H,8-10H2,1-3H3,(H,23,28);5,8,10-11,13,18H,6-7H2,1-4H3;5-6,9H,1-4H3;4-5,8H,1-3H3,(H,11,12);1-3,10H,4,9H2;4-5,9H,2-3H2,1H3,(H,11,12);2,4H,3H2,1H3;4H,3H2,1-2H3;3H,1-2H3;3H,1-2H3;/t15-,16+,19?;10-,11+,13?;;;;4-,5+;;;;;/m11...1...../s1. The Morgan fingerprint density at radius 3 is 1.13 bits per heavy atom. The van der Waals surface area contributed by atoms with Crippen LogP contribution in [0, 0.1) is 79.1 Å². The quantitative estimate of drug-likeness (QED) is 0.0100. The van der Waals surface area contributed by atoms with Crippen molar-refractivity contribution in [2.75, 3.05) is 41.0 Å². The van der Waals surface area contributed by atoms with Gasteiger partial charge in [-0.05, 0) is 103 Å². The number of nitrogens with two attached hydrogens (primary N) is 1. The zero-order valence-electron chi connectivity index (χ0n) is 79.1. The summed E-state index contributed by atoms with van der Waals surface area (Å²) in [6.07, 6.45) is -1.88. The highest BCUT2D eigenvalue weighted by Gasteiger charge is 2.46. The van der Waals surface area contributed by atoms with Gasteiger partial charge >= 0.3 is 36.1 Å². The highest BCUT2D eigenvalue weighted by atomic mass is 127. The van der Waals surface area contributed by atoms with Crippen LogP contribution in [0.3, 0.4) is 0 Å². The van der Waals surface area contributed by atoms with Crippen molar-refractivity contribution >= 4 is 106 Å². The molecular weight excluding hydrogens is 1910 g/mol. The van der Waals surface area contributed by atoms with Gasteiger partial charge in [0.05, 0.1) is 86.0 Å². The molecule has 134 heavy (non-hydrogen) atoms. The van der Waals surface area contributed by atoms with E-state index in [1.807, 2.05) is 102 Å². The van der Waals surface area contributed by atoms with Gasteiger partial charge in [0.15, 0.2) is 23.9 Å². The largest absolute Gasteiger partial charge is 0.508 e. The predicted octanol–water partition coefficient (Wildman–Crippen LogP) is 12.4. The summed E-state index contributed by atoms with van der Waals surface area (Å²) in [6.45, 7) is 37.3. The Kier molecular flexibility index (Phi) is 53.2. The third-order valence-corrected chi connectivity index (χ3v) is 19.6. The number of benzene rings is 2. The van der Waals surface area contributed by atoms with Crippen LogP contribution in [0.25, 0.3) is 0 Å². The van der Waals surface area contributed by atoms with E-state index in [1.165, 1.54) is 43.3 Å². The fourth-order valence-corrected chi connectivity index (χ4v) is 13.3. The molecule has 0 saturated carbocycles. The smallest absolute Gasteiger partial charge is 0.408 e. The third kappa shape index (κ3) is 40.9. The van der Waals surface area contributed by atoms with E-state index in [0.29, 0.717) is 80.1 Å². The first-order valence-electron chi connectivity index (χ1n) is 42.2. The molecule has 3 aliphatic rings. The maximum absolute atomic E-state index is 13.3. The minimum atomic E-state index is -1.22. The number of likely N-dealkylation sites (tertiary alicyclic amines) is 3. The number of aliphatic hydroxyl groups is 3. The number of amides is 4. The van der Waals surface area contributed by atoms with Gasteiger partial charge in [-0.2, -0.15) is 9.59 Å². The van der Waals surface area contributed by atoms with Crippen molar-refractivity contribution in [3.05, 3.63) is 180 Å². The molecule has 3 aliphatic heterocycles. The Balaban J connectivity index is 0.000000523. The van der Waals surface area contributed by atoms with Gasteiger partial charge in [0.25, 0.3) is 6.47 Å². The summed E-state index contributed by atoms with van der Waals surface area (Å²) < 4.78 is 53.9. The number of esters is 3. The van der Waals surface area contributed by atoms with Crippen molar-refractivity contribution in [1.82, 2.24) is 56.1 Å². The Morgan fingerprint density at radius 1 is 0.500 bits per heavy atom. The van der Waals surface area contributed by atoms with Crippen LogP contribution < -0.4 is 11.1 Å². The number of methoxy groups -OCH3 is 3. The number of phenolic OH excluding ortho intramolecular Hbond substituents is 2. The van der Waals surface area contributed by atoms with E-state index in [0.717, 1.165) is 49.5 Å². The molecule has 4 unspecified atom stereocenters. The van der Waals surface area contributed by atoms with Gasteiger partial charge in [0.2, 0.25) is 17.7 Å². The lowest BCUT2D eigenvalue weighted by Gasteiger charge is -2.28. The first kappa shape index (κ1) is 118. The van der Waals surface area contributed by atoms with Crippen LogP contribution >= 0.6 is 45.8 Å². The Hall–Kier alpha value is -11.9. The number of aliphatic carboxylic acids is 1. The number of ether oxygens (including phenoxy) is 4. The van der Waals surface area contributed by atoms with Crippen molar-refractivity contribution in [2.24, 2.45) is 29.4 Å². The van der Waals surface area contributed by atoms with Crippen LogP contribution in [0.15, 0.2) is 111 Å². The number of aromatic hydroxyl groups is 2. The molecule has 740 valence electrons. The number of aliphatic hydroxyl groups excluding tert-OH is 3. The Labute approximate surface area is 799 Å². The van der Waals surface area contributed by atoms with Gasteiger partial charge in [-0.15, -0.1) is 0 Å². The van der Waals surface area contributed by atoms with E-state index in [1.54, 1.807) is 82.3 Å². The second-order valence-electron chi connectivity index (χ2n) is 32.2. The summed E-state index contributed by atoms with van der Waals surface area (Å²) in [5.74, 6) is -0.854. The molecule has 3 fully saturated rings. The zero-order chi connectivity index (χ0) is 102. The van der Waals surface area contributed by atoms with Crippen LogP contribution in [-0.4, -0.2) is 228 Å². The van der Waals surface area contributed by atoms with Crippen LogP contribution in [0.2, 0.25) is 10.0 Å². The SMILES string of the molecule is CC(C)I.CCc1cc(C)no1.COC(=O)C(c1cc(C)no1)C(C)C.COC(=O)[C@@H]1C[C@@H](O)CN1C(=O)C(c1cc(C)no1)C(C)C.COC(=O)[C@@H]1C[C@@H](O)CN1C(=O)O.Cc1cc(C(C(=O)N2C[C@H](O)C[C@H]2C(=O)NCc2ccc(Cl)cc2O)C(C)C)on1.Cc1cc(C(C(=O)O)C(C)C)on1.Cc1cc(C)on1.Cc1cc(COC=O)on1.NCc1ccc(Cl)cc1O.O=C=O. The number of rotatable bonds is 22. The molecule has 4 amide bonds. The van der Waals surface area contributed by atoms with E-state index >= 15 is 0 Å². The second-order valence-corrected chi connectivity index (χ2v) is 35.5. The van der Waals surface area contributed by atoms with Gasteiger partial charge < -0.3 is 107 Å². The minimum absolute atomic E-state index is 0.00449. The van der Waals surface area contributed by atoms with E-state index in [9.17, 15) is 58.5 Å². The van der Waals surface area contributed by atoms with Crippen LogP contribution in [0.5, 0.6) is 11.5 Å². The lowest BCUT2D eigenvalue weighted by molar-refractivity contribution is -0.192. The van der Waals surface area contributed by atoms with E-state index in [4.69, 9.17) is 100 Å². The Bertz CT molecular complexity index is 5090. The number of nitrogens with one attached hydrogen (secondary N) is 1. The number of aryl methyl sites for hydroxylation is 9. The molecule has 10 heterocycles. The number of phenols is 2. The summed E-state index contributed by atoms with van der Waals surface area (Å²) in [5.41, 5.74) is 12.0. The number of carbonyl (C=O) groups is 9. The molecule has 44 heteroatoms. The summed E-state index contributed by atoms with van der Waals surface area (Å²) in [4.78, 5) is 124. The fourth-order valence-electron chi connectivity index (χ4n) is 13.0. The molecule has 9 aromatic rings. The number of carboxylic acids is 1.